The molecule has 0 amide bonds. The maximum Gasteiger partial charge on any atom is 0.243 e. The van der Waals surface area contributed by atoms with Crippen molar-refractivity contribution in [2.45, 2.75) is 25.2 Å². The summed E-state index contributed by atoms with van der Waals surface area (Å²) in [7, 11) is -1.67. The van der Waals surface area contributed by atoms with Gasteiger partial charge in [0.25, 0.3) is 0 Å². The maximum absolute atomic E-state index is 12.5. The van der Waals surface area contributed by atoms with E-state index >= 15 is 0 Å². The summed E-state index contributed by atoms with van der Waals surface area (Å²) in [5.74, 6) is 0.564. The van der Waals surface area contributed by atoms with Gasteiger partial charge in [-0.1, -0.05) is 13.8 Å². The molecule has 1 aromatic rings. The molecule has 18 heavy (non-hydrogen) atoms. The van der Waals surface area contributed by atoms with Gasteiger partial charge in [0, 0.05) is 32.4 Å². The molecular formula is C12H19N3O2S. The molecule has 0 radical (unpaired) electrons. The lowest BCUT2D eigenvalue weighted by Gasteiger charge is -2.19. The number of anilines is 1. The summed E-state index contributed by atoms with van der Waals surface area (Å²) in [4.78, 5) is 4.34. The van der Waals surface area contributed by atoms with Gasteiger partial charge in [-0.3, -0.25) is 0 Å². The predicted molar refractivity (Wildman–Crippen MR) is 70.9 cm³/mol. The highest BCUT2D eigenvalue weighted by molar-refractivity contribution is 7.89. The molecule has 0 bridgehead atoms. The fraction of sp³-hybridized carbons (Fsp3) is 0.583. The van der Waals surface area contributed by atoms with Crippen LogP contribution < -0.4 is 5.32 Å². The molecule has 5 nitrogen and oxygen atoms in total. The molecule has 100 valence electrons. The van der Waals surface area contributed by atoms with Gasteiger partial charge in [0.2, 0.25) is 10.0 Å². The van der Waals surface area contributed by atoms with Crippen molar-refractivity contribution in [1.82, 2.24) is 9.29 Å². The van der Waals surface area contributed by atoms with Crippen molar-refractivity contribution in [3.05, 3.63) is 18.3 Å². The number of nitrogens with zero attached hydrogens (tertiary/aromatic N) is 2. The van der Waals surface area contributed by atoms with E-state index in [4.69, 9.17) is 0 Å². The maximum atomic E-state index is 12.5. The number of aromatic nitrogens is 1. The van der Waals surface area contributed by atoms with E-state index in [0.29, 0.717) is 23.8 Å². The number of sulfonamides is 1. The zero-order valence-electron chi connectivity index (χ0n) is 11.0. The largest absolute Gasteiger partial charge is 0.373 e. The molecule has 1 fully saturated rings. The highest BCUT2D eigenvalue weighted by atomic mass is 32.2. The van der Waals surface area contributed by atoms with Gasteiger partial charge >= 0.3 is 0 Å². The Balaban J connectivity index is 2.31. The Morgan fingerprint density at radius 3 is 2.72 bits per heavy atom. The van der Waals surface area contributed by atoms with E-state index < -0.39 is 10.0 Å². The Morgan fingerprint density at radius 2 is 2.17 bits per heavy atom. The molecule has 2 rings (SSSR count). The second kappa shape index (κ2) is 4.51. The van der Waals surface area contributed by atoms with E-state index in [1.54, 1.807) is 23.5 Å². The topological polar surface area (TPSA) is 62.3 Å². The van der Waals surface area contributed by atoms with Crippen molar-refractivity contribution in [3.63, 3.8) is 0 Å². The van der Waals surface area contributed by atoms with Gasteiger partial charge < -0.3 is 5.32 Å². The highest BCUT2D eigenvalue weighted by Crippen LogP contribution is 2.32. The van der Waals surface area contributed by atoms with Crippen LogP contribution in [0.25, 0.3) is 0 Å². The van der Waals surface area contributed by atoms with E-state index in [1.807, 2.05) is 0 Å². The first-order valence-corrected chi connectivity index (χ1v) is 7.43. The minimum Gasteiger partial charge on any atom is -0.373 e. The molecule has 0 unspecified atom stereocenters. The van der Waals surface area contributed by atoms with E-state index in [9.17, 15) is 8.42 Å². The van der Waals surface area contributed by atoms with Gasteiger partial charge in [0.05, 0.1) is 4.90 Å². The van der Waals surface area contributed by atoms with Crippen LogP contribution in [0.3, 0.4) is 0 Å². The fourth-order valence-corrected chi connectivity index (χ4v) is 3.77. The standard InChI is InChI=1S/C12H19N3O2S/c1-12(2)5-7-15(9-12)18(16,17)10-4-6-14-11(8-10)13-3/h4,6,8H,5,7,9H2,1-3H3,(H,13,14). The molecule has 1 aliphatic heterocycles. The third-order valence-corrected chi connectivity index (χ3v) is 5.11. The van der Waals surface area contributed by atoms with Crippen LogP contribution in [0.1, 0.15) is 20.3 Å². The van der Waals surface area contributed by atoms with Crippen LogP contribution in [-0.4, -0.2) is 37.8 Å². The molecule has 0 aromatic carbocycles. The van der Waals surface area contributed by atoms with Crippen molar-refractivity contribution in [2.75, 3.05) is 25.5 Å². The molecule has 0 atom stereocenters. The SMILES string of the molecule is CNc1cc(S(=O)(=O)N2CCC(C)(C)C2)ccn1. The van der Waals surface area contributed by atoms with Crippen LogP contribution in [0.2, 0.25) is 0 Å². The van der Waals surface area contributed by atoms with Gasteiger partial charge in [-0.05, 0) is 17.9 Å². The lowest BCUT2D eigenvalue weighted by molar-refractivity contribution is 0.375. The van der Waals surface area contributed by atoms with Crippen LogP contribution in [0, 0.1) is 5.41 Å². The van der Waals surface area contributed by atoms with Crippen LogP contribution in [0.5, 0.6) is 0 Å². The highest BCUT2D eigenvalue weighted by Gasteiger charge is 2.36. The van der Waals surface area contributed by atoms with Gasteiger partial charge in [-0.25, -0.2) is 13.4 Å². The van der Waals surface area contributed by atoms with E-state index in [1.165, 1.54) is 6.20 Å². The van der Waals surface area contributed by atoms with Crippen molar-refractivity contribution in [1.29, 1.82) is 0 Å². The van der Waals surface area contributed by atoms with Crippen LogP contribution >= 0.6 is 0 Å². The van der Waals surface area contributed by atoms with Crippen molar-refractivity contribution < 1.29 is 8.42 Å². The third-order valence-electron chi connectivity index (χ3n) is 3.27. The van der Waals surface area contributed by atoms with Crippen molar-refractivity contribution in [2.24, 2.45) is 5.41 Å². The average molecular weight is 269 g/mol. The van der Waals surface area contributed by atoms with Gasteiger partial charge in [-0.2, -0.15) is 4.31 Å². The summed E-state index contributed by atoms with van der Waals surface area (Å²) in [5, 5.41) is 2.85. The zero-order valence-corrected chi connectivity index (χ0v) is 11.8. The molecule has 6 heteroatoms. The molecule has 2 heterocycles. The Labute approximate surface area is 108 Å². The monoisotopic (exact) mass is 269 g/mol. The van der Waals surface area contributed by atoms with Crippen LogP contribution in [0.4, 0.5) is 5.82 Å². The predicted octanol–water partition coefficient (Wildman–Crippen LogP) is 1.54. The summed E-state index contributed by atoms with van der Waals surface area (Å²) in [5.41, 5.74) is 0.0614. The molecule has 0 aliphatic carbocycles. The summed E-state index contributed by atoms with van der Waals surface area (Å²) < 4.78 is 26.5. The molecule has 0 saturated carbocycles. The number of hydrogen-bond donors (Lipinski definition) is 1. The lowest BCUT2D eigenvalue weighted by atomic mass is 9.93. The first-order valence-electron chi connectivity index (χ1n) is 5.99. The number of hydrogen-bond acceptors (Lipinski definition) is 4. The average Bonchev–Trinajstić information content (AvgIpc) is 2.70. The van der Waals surface area contributed by atoms with Gasteiger partial charge in [0.1, 0.15) is 5.82 Å². The van der Waals surface area contributed by atoms with Crippen LogP contribution in [0.15, 0.2) is 23.2 Å². The number of pyridine rings is 1. The van der Waals surface area contributed by atoms with Crippen molar-refractivity contribution in [3.8, 4) is 0 Å². The second-order valence-corrected chi connectivity index (χ2v) is 7.32. The fourth-order valence-electron chi connectivity index (χ4n) is 2.13. The molecule has 1 saturated heterocycles. The summed E-state index contributed by atoms with van der Waals surface area (Å²) in [6.45, 7) is 5.35. The summed E-state index contributed by atoms with van der Waals surface area (Å²) >= 11 is 0. The molecule has 0 spiro atoms. The first-order chi connectivity index (χ1) is 8.35. The summed E-state index contributed by atoms with van der Waals surface area (Å²) in [6.07, 6.45) is 2.41. The van der Waals surface area contributed by atoms with E-state index in [-0.39, 0.29) is 5.41 Å². The Bertz CT molecular complexity index is 540. The summed E-state index contributed by atoms with van der Waals surface area (Å²) in [6, 6.07) is 3.11. The number of nitrogens with one attached hydrogen (secondary N) is 1. The Morgan fingerprint density at radius 1 is 1.44 bits per heavy atom. The van der Waals surface area contributed by atoms with Crippen molar-refractivity contribution >= 4 is 15.8 Å². The molecule has 1 aromatic heterocycles. The van der Waals surface area contributed by atoms with Gasteiger partial charge in [0.15, 0.2) is 0 Å². The molecular weight excluding hydrogens is 250 g/mol. The van der Waals surface area contributed by atoms with Crippen LogP contribution in [-0.2, 0) is 10.0 Å². The second-order valence-electron chi connectivity index (χ2n) is 5.38. The smallest absolute Gasteiger partial charge is 0.243 e. The lowest BCUT2D eigenvalue weighted by Crippen LogP contribution is -2.30. The number of rotatable bonds is 3. The zero-order chi connectivity index (χ0) is 13.4. The molecule has 1 N–H and O–H groups in total. The first kappa shape index (κ1) is 13.3. The Kier molecular flexibility index (Phi) is 3.33. The van der Waals surface area contributed by atoms with E-state index in [2.05, 4.69) is 24.1 Å². The quantitative estimate of drug-likeness (QED) is 0.904. The van der Waals surface area contributed by atoms with Gasteiger partial charge in [-0.15, -0.1) is 0 Å². The van der Waals surface area contributed by atoms with E-state index in [0.717, 1.165) is 6.42 Å². The Hall–Kier alpha value is -1.14. The normalized spacial score (nSPS) is 19.9. The minimum absolute atomic E-state index is 0.0614. The molecule has 1 aliphatic rings. The third kappa shape index (κ3) is 2.49. The minimum atomic E-state index is -3.39.